The summed E-state index contributed by atoms with van der Waals surface area (Å²) in [5.41, 5.74) is 1.58. The third kappa shape index (κ3) is 4.38. The van der Waals surface area contributed by atoms with Gasteiger partial charge in [0.25, 0.3) is 0 Å². The maximum Gasteiger partial charge on any atom is 0.120 e. The minimum absolute atomic E-state index is 0.0207. The van der Waals surface area contributed by atoms with E-state index in [0.29, 0.717) is 11.4 Å². The van der Waals surface area contributed by atoms with Gasteiger partial charge in [-0.1, -0.05) is 29.8 Å². The maximum absolute atomic E-state index is 9.77. The van der Waals surface area contributed by atoms with Gasteiger partial charge in [-0.15, -0.1) is 0 Å². The predicted molar refractivity (Wildman–Crippen MR) is 87.3 cm³/mol. The summed E-state index contributed by atoms with van der Waals surface area (Å²) >= 11 is 5.90. The molecule has 2 aromatic carbocycles. The van der Waals surface area contributed by atoms with Crippen molar-refractivity contribution in [3.05, 3.63) is 59.1 Å². The van der Waals surface area contributed by atoms with Crippen molar-refractivity contribution in [2.24, 2.45) is 0 Å². The molecule has 2 rings (SSSR count). The second-order valence-corrected chi connectivity index (χ2v) is 5.82. The average molecular weight is 306 g/mol. The fourth-order valence-corrected chi connectivity index (χ4v) is 2.37. The van der Waals surface area contributed by atoms with E-state index in [0.717, 1.165) is 17.0 Å². The van der Waals surface area contributed by atoms with Crippen molar-refractivity contribution >= 4 is 17.3 Å². The molecule has 2 N–H and O–H groups in total. The number of nitrogens with one attached hydrogen (secondary N) is 1. The molecule has 0 aromatic heterocycles. The summed E-state index contributed by atoms with van der Waals surface area (Å²) in [5, 5.41) is 13.9. The number of hydrogen-bond donors (Lipinski definition) is 2. The van der Waals surface area contributed by atoms with Gasteiger partial charge in [0.15, 0.2) is 0 Å². The minimum atomic E-state index is -0.458. The van der Waals surface area contributed by atoms with Gasteiger partial charge in [0.05, 0.1) is 19.3 Å². The Morgan fingerprint density at radius 1 is 1.19 bits per heavy atom. The molecule has 1 atom stereocenters. The highest BCUT2D eigenvalue weighted by atomic mass is 35.5. The fourth-order valence-electron chi connectivity index (χ4n) is 2.24. The van der Waals surface area contributed by atoms with Gasteiger partial charge in [-0.25, -0.2) is 0 Å². The molecule has 0 saturated carbocycles. The smallest absolute Gasteiger partial charge is 0.120 e. The largest absolute Gasteiger partial charge is 0.497 e. The summed E-state index contributed by atoms with van der Waals surface area (Å²) in [5.74, 6) is 0.784. The van der Waals surface area contributed by atoms with Crippen LogP contribution in [-0.4, -0.2) is 24.4 Å². The van der Waals surface area contributed by atoms with Crippen molar-refractivity contribution in [1.29, 1.82) is 0 Å². The van der Waals surface area contributed by atoms with E-state index < -0.39 is 5.54 Å². The second-order valence-electron chi connectivity index (χ2n) is 5.38. The van der Waals surface area contributed by atoms with Crippen LogP contribution in [-0.2, 0) is 6.42 Å². The first-order valence-corrected chi connectivity index (χ1v) is 7.20. The Balaban J connectivity index is 2.14. The van der Waals surface area contributed by atoms with Crippen LogP contribution in [0.5, 0.6) is 5.75 Å². The number of benzene rings is 2. The Morgan fingerprint density at radius 2 is 1.90 bits per heavy atom. The van der Waals surface area contributed by atoms with Crippen molar-refractivity contribution in [2.75, 3.05) is 19.0 Å². The van der Waals surface area contributed by atoms with Crippen LogP contribution in [0.4, 0.5) is 5.69 Å². The Kier molecular flexibility index (Phi) is 5.10. The minimum Gasteiger partial charge on any atom is -0.497 e. The summed E-state index contributed by atoms with van der Waals surface area (Å²) in [6, 6.07) is 15.4. The van der Waals surface area contributed by atoms with Gasteiger partial charge in [-0.2, -0.15) is 0 Å². The third-order valence-electron chi connectivity index (χ3n) is 3.37. The van der Waals surface area contributed by atoms with E-state index in [1.54, 1.807) is 7.11 Å². The summed E-state index contributed by atoms with van der Waals surface area (Å²) in [6.45, 7) is 2.01. The summed E-state index contributed by atoms with van der Waals surface area (Å²) in [6.07, 6.45) is 0.692. The van der Waals surface area contributed by atoms with Gasteiger partial charge >= 0.3 is 0 Å². The predicted octanol–water partition coefficient (Wildman–Crippen LogP) is 3.75. The number of hydrogen-bond acceptors (Lipinski definition) is 3. The van der Waals surface area contributed by atoms with Crippen LogP contribution in [0.3, 0.4) is 0 Å². The molecule has 0 spiro atoms. The van der Waals surface area contributed by atoms with Gasteiger partial charge in [-0.3, -0.25) is 0 Å². The van der Waals surface area contributed by atoms with Crippen molar-refractivity contribution < 1.29 is 9.84 Å². The fraction of sp³-hybridized carbons (Fsp3) is 0.294. The first kappa shape index (κ1) is 15.7. The van der Waals surface area contributed by atoms with E-state index in [9.17, 15) is 5.11 Å². The van der Waals surface area contributed by atoms with Gasteiger partial charge < -0.3 is 15.2 Å². The monoisotopic (exact) mass is 305 g/mol. The molecule has 0 saturated heterocycles. The van der Waals surface area contributed by atoms with Crippen LogP contribution in [0.2, 0.25) is 5.02 Å². The average Bonchev–Trinajstić information content (AvgIpc) is 2.50. The Bertz CT molecular complexity index is 586. The summed E-state index contributed by atoms with van der Waals surface area (Å²) in [4.78, 5) is 0. The molecule has 4 heteroatoms. The number of anilines is 1. The molecule has 0 aliphatic heterocycles. The zero-order valence-electron chi connectivity index (χ0n) is 12.3. The van der Waals surface area contributed by atoms with Crippen LogP contribution in [0.15, 0.2) is 48.5 Å². The number of aliphatic hydroxyl groups excluding tert-OH is 1. The SMILES string of the molecule is COc1cccc(NC(C)(CO)Cc2ccc(Cl)cc2)c1. The van der Waals surface area contributed by atoms with Crippen LogP contribution >= 0.6 is 11.6 Å². The highest BCUT2D eigenvalue weighted by molar-refractivity contribution is 6.30. The quantitative estimate of drug-likeness (QED) is 0.854. The molecule has 0 bridgehead atoms. The van der Waals surface area contributed by atoms with E-state index >= 15 is 0 Å². The molecule has 0 aliphatic rings. The Morgan fingerprint density at radius 3 is 2.52 bits per heavy atom. The molecule has 3 nitrogen and oxygen atoms in total. The lowest BCUT2D eigenvalue weighted by Gasteiger charge is -2.30. The molecule has 112 valence electrons. The molecule has 0 heterocycles. The van der Waals surface area contributed by atoms with E-state index in [-0.39, 0.29) is 6.61 Å². The van der Waals surface area contributed by atoms with E-state index in [1.807, 2.05) is 55.5 Å². The first-order chi connectivity index (χ1) is 10.0. The van der Waals surface area contributed by atoms with Gasteiger partial charge in [0.2, 0.25) is 0 Å². The zero-order chi connectivity index (χ0) is 15.3. The van der Waals surface area contributed by atoms with Crippen molar-refractivity contribution in [1.82, 2.24) is 0 Å². The lowest BCUT2D eigenvalue weighted by Crippen LogP contribution is -2.41. The third-order valence-corrected chi connectivity index (χ3v) is 3.62. The highest BCUT2D eigenvalue weighted by Crippen LogP contribution is 2.23. The van der Waals surface area contributed by atoms with Crippen molar-refractivity contribution in [3.63, 3.8) is 0 Å². The maximum atomic E-state index is 9.77. The molecule has 0 radical (unpaired) electrons. The van der Waals surface area contributed by atoms with E-state index in [1.165, 1.54) is 0 Å². The van der Waals surface area contributed by atoms with Crippen LogP contribution in [0.25, 0.3) is 0 Å². The number of aliphatic hydroxyl groups is 1. The van der Waals surface area contributed by atoms with Crippen LogP contribution < -0.4 is 10.1 Å². The second kappa shape index (κ2) is 6.83. The lowest BCUT2D eigenvalue weighted by atomic mass is 9.93. The Hall–Kier alpha value is -1.71. The molecular weight excluding hydrogens is 286 g/mol. The van der Waals surface area contributed by atoms with E-state index in [2.05, 4.69) is 5.32 Å². The number of methoxy groups -OCH3 is 1. The topological polar surface area (TPSA) is 41.5 Å². The van der Waals surface area contributed by atoms with Crippen molar-refractivity contribution in [3.8, 4) is 5.75 Å². The van der Waals surface area contributed by atoms with Gasteiger partial charge in [0, 0.05) is 16.8 Å². The summed E-state index contributed by atoms with van der Waals surface area (Å²) in [7, 11) is 1.64. The molecule has 0 aliphatic carbocycles. The standard InChI is InChI=1S/C17H20ClNO2/c1-17(12-20,11-13-6-8-14(18)9-7-13)19-15-4-3-5-16(10-15)21-2/h3-10,19-20H,11-12H2,1-2H3. The summed E-state index contributed by atoms with van der Waals surface area (Å²) < 4.78 is 5.22. The molecular formula is C17H20ClNO2. The van der Waals surface area contributed by atoms with Crippen LogP contribution in [0, 0.1) is 0 Å². The number of halogens is 1. The molecule has 0 amide bonds. The van der Waals surface area contributed by atoms with Crippen molar-refractivity contribution in [2.45, 2.75) is 18.9 Å². The lowest BCUT2D eigenvalue weighted by molar-refractivity contribution is 0.222. The normalized spacial score (nSPS) is 13.5. The Labute approximate surface area is 130 Å². The first-order valence-electron chi connectivity index (χ1n) is 6.82. The molecule has 0 fully saturated rings. The van der Waals surface area contributed by atoms with Crippen LogP contribution in [0.1, 0.15) is 12.5 Å². The van der Waals surface area contributed by atoms with Gasteiger partial charge in [-0.05, 0) is 43.2 Å². The number of ether oxygens (including phenoxy) is 1. The molecule has 2 aromatic rings. The zero-order valence-corrected chi connectivity index (χ0v) is 13.0. The van der Waals surface area contributed by atoms with Gasteiger partial charge in [0.1, 0.15) is 5.75 Å². The molecule has 21 heavy (non-hydrogen) atoms. The highest BCUT2D eigenvalue weighted by Gasteiger charge is 2.23. The molecule has 1 unspecified atom stereocenters. The van der Waals surface area contributed by atoms with E-state index in [4.69, 9.17) is 16.3 Å². The number of rotatable bonds is 6.